The largest absolute Gasteiger partial charge is 0.427 e. The number of hydrogen-bond donors (Lipinski definition) is 4. The molecule has 0 saturated heterocycles. The number of nitrogens with two attached hydrogens (primary N) is 1. The fourth-order valence-electron chi connectivity index (χ4n) is 0.650. The molecule has 0 saturated carbocycles. The van der Waals surface area contributed by atoms with Crippen LogP contribution in [-0.2, 0) is 0 Å². The first-order chi connectivity index (χ1) is 5.66. The number of nitrogen functional groups attached to an aromatic ring is 1. The Bertz CT molecular complexity index is 357. The monoisotopic (exact) mass is 169 g/mol. The summed E-state index contributed by atoms with van der Waals surface area (Å²) in [6.07, 6.45) is 2.32. The van der Waals surface area contributed by atoms with Crippen LogP contribution in [0.4, 0.5) is 0 Å². The second kappa shape index (κ2) is 3.01. The van der Waals surface area contributed by atoms with E-state index in [0.717, 1.165) is 6.20 Å². The van der Waals surface area contributed by atoms with Crippen molar-refractivity contribution in [2.45, 2.75) is 0 Å². The Morgan fingerprint density at radius 3 is 3.08 bits per heavy atom. The fraction of sp³-hybridized carbons (Fsp3) is 0. The molecule has 64 valence electrons. The molecular weight excluding hydrogens is 162 g/mol. The number of rotatable bonds is 1. The van der Waals surface area contributed by atoms with Crippen molar-refractivity contribution in [2.24, 2.45) is 5.84 Å². The zero-order valence-electron chi connectivity index (χ0n) is 5.98. The van der Waals surface area contributed by atoms with Crippen LogP contribution in [0, 0.1) is 5.41 Å². The van der Waals surface area contributed by atoms with E-state index in [0.29, 0.717) is 4.73 Å². The molecule has 0 fully saturated rings. The molecule has 7 nitrogen and oxygen atoms in total. The smallest absolute Gasteiger partial charge is 0.287 e. The predicted octanol–water partition coefficient (Wildman–Crippen LogP) is -1.80. The third-order valence-corrected chi connectivity index (χ3v) is 1.21. The number of hydrazine groups is 1. The molecule has 12 heavy (non-hydrogen) atoms. The summed E-state index contributed by atoms with van der Waals surface area (Å²) >= 11 is 0. The molecule has 1 amide bonds. The normalized spacial score (nSPS) is 9.42. The van der Waals surface area contributed by atoms with Crippen LogP contribution in [0.2, 0.25) is 0 Å². The minimum Gasteiger partial charge on any atom is -0.427 e. The summed E-state index contributed by atoms with van der Waals surface area (Å²) in [5.41, 5.74) is 1.15. The van der Waals surface area contributed by atoms with Gasteiger partial charge in [-0.25, -0.2) is 10.8 Å². The van der Waals surface area contributed by atoms with E-state index in [1.54, 1.807) is 5.43 Å². The highest BCUT2D eigenvalue weighted by Crippen LogP contribution is 1.82. The van der Waals surface area contributed by atoms with Crippen molar-refractivity contribution in [1.82, 2.24) is 15.1 Å². The second-order valence-electron chi connectivity index (χ2n) is 1.94. The zero-order valence-corrected chi connectivity index (χ0v) is 5.98. The first-order valence-corrected chi connectivity index (χ1v) is 2.99. The maximum atomic E-state index is 10.8. The summed E-state index contributed by atoms with van der Waals surface area (Å²) in [6, 6.07) is 0. The van der Waals surface area contributed by atoms with Gasteiger partial charge in [0.25, 0.3) is 5.91 Å². The van der Waals surface area contributed by atoms with Crippen LogP contribution in [0.3, 0.4) is 0 Å². The van der Waals surface area contributed by atoms with Gasteiger partial charge in [0.15, 0.2) is 11.2 Å². The summed E-state index contributed by atoms with van der Waals surface area (Å²) in [6.45, 7) is 0. The number of carbonyl (C=O) groups is 1. The van der Waals surface area contributed by atoms with Gasteiger partial charge in [0.1, 0.15) is 0 Å². The number of nitrogens with one attached hydrogen (secondary N) is 2. The lowest BCUT2D eigenvalue weighted by Gasteiger charge is -2.00. The van der Waals surface area contributed by atoms with E-state index >= 15 is 0 Å². The van der Waals surface area contributed by atoms with Gasteiger partial charge in [0.05, 0.1) is 6.20 Å². The average Bonchev–Trinajstić information content (AvgIpc) is 2.08. The number of hydrogen-bond acceptors (Lipinski definition) is 5. The van der Waals surface area contributed by atoms with E-state index in [4.69, 9.17) is 16.5 Å². The van der Waals surface area contributed by atoms with Gasteiger partial charge in [-0.1, -0.05) is 0 Å². The van der Waals surface area contributed by atoms with E-state index in [2.05, 4.69) is 4.98 Å². The SMILES string of the molecule is N=c1c(C(=O)NN)nccn1O. The molecule has 0 spiro atoms. The van der Waals surface area contributed by atoms with E-state index in [1.807, 2.05) is 0 Å². The Hall–Kier alpha value is -1.89. The number of nitrogens with zero attached hydrogens (tertiary/aromatic N) is 2. The zero-order chi connectivity index (χ0) is 9.14. The molecule has 1 aromatic rings. The van der Waals surface area contributed by atoms with Crippen LogP contribution in [0.5, 0.6) is 0 Å². The quantitative estimate of drug-likeness (QED) is 0.172. The third-order valence-electron chi connectivity index (χ3n) is 1.21. The maximum absolute atomic E-state index is 10.8. The van der Waals surface area contributed by atoms with Gasteiger partial charge in [-0.05, 0) is 0 Å². The van der Waals surface area contributed by atoms with Crippen LogP contribution in [0.1, 0.15) is 10.5 Å². The molecule has 1 rings (SSSR count). The van der Waals surface area contributed by atoms with E-state index in [9.17, 15) is 4.79 Å². The van der Waals surface area contributed by atoms with Gasteiger partial charge < -0.3 is 5.21 Å². The molecule has 7 heteroatoms. The number of amides is 1. The summed E-state index contributed by atoms with van der Waals surface area (Å²) in [5, 5.41) is 16.1. The van der Waals surface area contributed by atoms with Crippen molar-refractivity contribution in [3.05, 3.63) is 23.6 Å². The van der Waals surface area contributed by atoms with Crippen molar-refractivity contribution in [3.8, 4) is 0 Å². The van der Waals surface area contributed by atoms with Crippen LogP contribution in [-0.4, -0.2) is 20.8 Å². The van der Waals surface area contributed by atoms with Crippen molar-refractivity contribution in [2.75, 3.05) is 0 Å². The van der Waals surface area contributed by atoms with Gasteiger partial charge >= 0.3 is 0 Å². The van der Waals surface area contributed by atoms with Gasteiger partial charge in [-0.15, -0.1) is 0 Å². The van der Waals surface area contributed by atoms with E-state index in [1.165, 1.54) is 6.20 Å². The predicted molar refractivity (Wildman–Crippen MR) is 36.9 cm³/mol. The highest BCUT2D eigenvalue weighted by molar-refractivity contribution is 5.91. The van der Waals surface area contributed by atoms with Gasteiger partial charge in [0, 0.05) is 6.20 Å². The highest BCUT2D eigenvalue weighted by Gasteiger charge is 2.08. The Labute approximate surface area is 66.9 Å². The summed E-state index contributed by atoms with van der Waals surface area (Å²) in [5.74, 6) is 4.09. The Balaban J connectivity index is 3.26. The lowest BCUT2D eigenvalue weighted by atomic mass is 10.4. The molecule has 0 aliphatic rings. The van der Waals surface area contributed by atoms with Crippen LogP contribution in [0.25, 0.3) is 0 Å². The van der Waals surface area contributed by atoms with Gasteiger partial charge in [-0.2, -0.15) is 4.73 Å². The molecule has 0 aromatic carbocycles. The molecule has 1 aromatic heterocycles. The van der Waals surface area contributed by atoms with Crippen LogP contribution in [0.15, 0.2) is 12.4 Å². The van der Waals surface area contributed by atoms with Crippen molar-refractivity contribution in [3.63, 3.8) is 0 Å². The third kappa shape index (κ3) is 1.25. The van der Waals surface area contributed by atoms with Crippen molar-refractivity contribution < 1.29 is 10.0 Å². The van der Waals surface area contributed by atoms with Gasteiger partial charge in [0.2, 0.25) is 0 Å². The molecule has 0 atom stereocenters. The van der Waals surface area contributed by atoms with E-state index in [-0.39, 0.29) is 5.69 Å². The maximum Gasteiger partial charge on any atom is 0.287 e. The topological polar surface area (TPSA) is 117 Å². The Morgan fingerprint density at radius 2 is 2.50 bits per heavy atom. The molecule has 0 bridgehead atoms. The fourth-order valence-corrected chi connectivity index (χ4v) is 0.650. The van der Waals surface area contributed by atoms with Crippen LogP contribution < -0.4 is 16.8 Å². The average molecular weight is 169 g/mol. The summed E-state index contributed by atoms with van der Waals surface area (Å²) < 4.78 is 0.470. The molecular formula is C5H7N5O2. The second-order valence-corrected chi connectivity index (χ2v) is 1.94. The van der Waals surface area contributed by atoms with Crippen molar-refractivity contribution >= 4 is 5.91 Å². The summed E-state index contributed by atoms with van der Waals surface area (Å²) in [7, 11) is 0. The first kappa shape index (κ1) is 8.21. The number of aromatic nitrogens is 2. The summed E-state index contributed by atoms with van der Waals surface area (Å²) in [4.78, 5) is 14.4. The lowest BCUT2D eigenvalue weighted by Crippen LogP contribution is -2.37. The Morgan fingerprint density at radius 1 is 1.83 bits per heavy atom. The lowest BCUT2D eigenvalue weighted by molar-refractivity contribution is 0.0936. The highest BCUT2D eigenvalue weighted by atomic mass is 16.5. The molecule has 0 aliphatic carbocycles. The minimum absolute atomic E-state index is 0.234. The van der Waals surface area contributed by atoms with E-state index < -0.39 is 11.4 Å². The van der Waals surface area contributed by atoms with Crippen molar-refractivity contribution in [1.29, 1.82) is 5.41 Å². The molecule has 1 heterocycles. The standard InChI is InChI=1S/C5H7N5O2/c6-4-3(5(11)9-7)8-1-2-10(4)12/h1-2,6,12H,7H2,(H,9,11). The molecule has 0 unspecified atom stereocenters. The molecule has 5 N–H and O–H groups in total. The molecule has 0 aliphatic heterocycles. The minimum atomic E-state index is -0.719. The first-order valence-electron chi connectivity index (χ1n) is 2.99. The van der Waals surface area contributed by atoms with Crippen LogP contribution >= 0.6 is 0 Å². The Kier molecular flexibility index (Phi) is 2.06. The molecule has 0 radical (unpaired) electrons. The van der Waals surface area contributed by atoms with Gasteiger partial charge in [-0.3, -0.25) is 15.6 Å². The number of carbonyl (C=O) groups excluding carboxylic acids is 1.